The molecule has 1 aliphatic rings. The average molecular weight is 441 g/mol. The summed E-state index contributed by atoms with van der Waals surface area (Å²) in [5.74, 6) is 1.36. The molecule has 2 N–H and O–H groups in total. The maximum Gasteiger partial charge on any atom is 0.247 e. The van der Waals surface area contributed by atoms with Crippen molar-refractivity contribution in [3.8, 4) is 0 Å². The molecule has 0 saturated heterocycles. The molecule has 0 saturated carbocycles. The van der Waals surface area contributed by atoms with Crippen molar-refractivity contribution < 1.29 is 4.79 Å². The van der Waals surface area contributed by atoms with Crippen LogP contribution >= 0.6 is 11.6 Å². The number of hydrogen-bond donors (Lipinski definition) is 2. The van der Waals surface area contributed by atoms with Crippen LogP contribution in [-0.4, -0.2) is 43.7 Å². The van der Waals surface area contributed by atoms with Gasteiger partial charge in [0.1, 0.15) is 11.7 Å². The first-order valence-electron chi connectivity index (χ1n) is 10.1. The Hall–Kier alpha value is -3.20. The maximum absolute atomic E-state index is 12.5. The Bertz CT molecular complexity index is 1100. The highest BCUT2D eigenvalue weighted by atomic mass is 35.5. The van der Waals surface area contributed by atoms with Gasteiger partial charge in [0.2, 0.25) is 11.9 Å². The van der Waals surface area contributed by atoms with E-state index in [1.807, 2.05) is 55.7 Å². The van der Waals surface area contributed by atoms with Crippen molar-refractivity contribution in [1.29, 1.82) is 0 Å². The van der Waals surface area contributed by atoms with Crippen LogP contribution in [-0.2, 0) is 17.9 Å². The van der Waals surface area contributed by atoms with Crippen LogP contribution in [0.5, 0.6) is 0 Å². The smallest absolute Gasteiger partial charge is 0.247 e. The van der Waals surface area contributed by atoms with Gasteiger partial charge in [0.05, 0.1) is 29.2 Å². The molecule has 9 nitrogen and oxygen atoms in total. The predicted molar refractivity (Wildman–Crippen MR) is 120 cm³/mol. The number of anilines is 3. The number of nitrogens with zero attached hydrogens (tertiary/aromatic N) is 6. The first-order chi connectivity index (χ1) is 14.8. The summed E-state index contributed by atoms with van der Waals surface area (Å²) in [6, 6.07) is 3.43. The van der Waals surface area contributed by atoms with E-state index in [1.165, 1.54) is 0 Å². The molecule has 4 heterocycles. The first-order valence-corrected chi connectivity index (χ1v) is 10.5. The van der Waals surface area contributed by atoms with Crippen molar-refractivity contribution in [3.05, 3.63) is 52.7 Å². The summed E-state index contributed by atoms with van der Waals surface area (Å²) in [5, 5.41) is 11.2. The standard InChI is InChI=1S/C21H25ClN8O/c1-12(2)18-20(31)27-17-13(3)26-21(28-19(17)29(18)4)24-7-14-8-25-30(10-14)11-16-6-5-15(22)9-23-16/h5-6,8-10,12,18H,7,11H2,1-4H3,(H,27,31)(H,24,26,28). The Morgan fingerprint density at radius 2 is 2.06 bits per heavy atom. The van der Waals surface area contributed by atoms with E-state index in [-0.39, 0.29) is 17.9 Å². The first kappa shape index (κ1) is 21.0. The summed E-state index contributed by atoms with van der Waals surface area (Å²) in [7, 11) is 1.90. The van der Waals surface area contributed by atoms with E-state index < -0.39 is 0 Å². The molecule has 0 bridgehead atoms. The van der Waals surface area contributed by atoms with E-state index in [1.54, 1.807) is 12.4 Å². The van der Waals surface area contributed by atoms with E-state index in [2.05, 4.69) is 30.7 Å². The fraction of sp³-hybridized carbons (Fsp3) is 0.381. The van der Waals surface area contributed by atoms with Gasteiger partial charge in [0.15, 0.2) is 5.82 Å². The molecule has 3 aromatic rings. The van der Waals surface area contributed by atoms with Gasteiger partial charge in [-0.1, -0.05) is 25.4 Å². The number of halogens is 1. The predicted octanol–water partition coefficient (Wildman–Crippen LogP) is 3.10. The number of likely N-dealkylation sites (N-methyl/N-ethyl adjacent to an activating group) is 1. The average Bonchev–Trinajstić information content (AvgIpc) is 3.16. The lowest BCUT2D eigenvalue weighted by molar-refractivity contribution is -0.118. The lowest BCUT2D eigenvalue weighted by Crippen LogP contribution is -2.49. The Labute approximate surface area is 185 Å². The van der Waals surface area contributed by atoms with Crippen LogP contribution < -0.4 is 15.5 Å². The van der Waals surface area contributed by atoms with Crippen molar-refractivity contribution in [2.45, 2.75) is 39.9 Å². The summed E-state index contributed by atoms with van der Waals surface area (Å²) in [6.07, 6.45) is 5.38. The van der Waals surface area contributed by atoms with Gasteiger partial charge in [-0.15, -0.1) is 0 Å². The lowest BCUT2D eigenvalue weighted by Gasteiger charge is -2.36. The molecule has 0 radical (unpaired) electrons. The second kappa shape index (κ2) is 8.50. The molecule has 1 aliphatic heterocycles. The number of pyridine rings is 1. The Morgan fingerprint density at radius 3 is 2.77 bits per heavy atom. The Morgan fingerprint density at radius 1 is 1.26 bits per heavy atom. The molecule has 1 amide bonds. The minimum atomic E-state index is -0.269. The minimum Gasteiger partial charge on any atom is -0.350 e. The zero-order valence-electron chi connectivity index (χ0n) is 17.9. The monoisotopic (exact) mass is 440 g/mol. The van der Waals surface area contributed by atoms with E-state index in [9.17, 15) is 4.79 Å². The third kappa shape index (κ3) is 4.46. The van der Waals surface area contributed by atoms with Crippen LogP contribution in [0.25, 0.3) is 0 Å². The summed E-state index contributed by atoms with van der Waals surface area (Å²) < 4.78 is 1.82. The normalized spacial score (nSPS) is 15.7. The van der Waals surface area contributed by atoms with Gasteiger partial charge >= 0.3 is 0 Å². The zero-order chi connectivity index (χ0) is 22.1. The third-order valence-electron chi connectivity index (χ3n) is 5.22. The molecule has 3 aromatic heterocycles. The van der Waals surface area contributed by atoms with Gasteiger partial charge in [0, 0.05) is 31.5 Å². The Balaban J connectivity index is 1.46. The van der Waals surface area contributed by atoms with E-state index in [0.29, 0.717) is 29.7 Å². The van der Waals surface area contributed by atoms with Gasteiger partial charge in [-0.3, -0.25) is 14.5 Å². The number of hydrogen-bond acceptors (Lipinski definition) is 7. The number of aromatic nitrogens is 5. The number of carbonyl (C=O) groups excluding carboxylic acids is 1. The molecule has 0 spiro atoms. The lowest BCUT2D eigenvalue weighted by atomic mass is 9.99. The van der Waals surface area contributed by atoms with Gasteiger partial charge < -0.3 is 15.5 Å². The number of aryl methyl sites for hydroxylation is 1. The van der Waals surface area contributed by atoms with Crippen LogP contribution in [0.15, 0.2) is 30.7 Å². The molecule has 4 rings (SSSR count). The second-order valence-electron chi connectivity index (χ2n) is 7.99. The van der Waals surface area contributed by atoms with Crippen LogP contribution in [0.3, 0.4) is 0 Å². The summed E-state index contributed by atoms with van der Waals surface area (Å²) in [4.78, 5) is 27.9. The van der Waals surface area contributed by atoms with E-state index in [4.69, 9.17) is 11.6 Å². The zero-order valence-corrected chi connectivity index (χ0v) is 18.7. The number of amides is 1. The molecule has 10 heteroatoms. The Kier molecular flexibility index (Phi) is 5.77. The number of carbonyl (C=O) groups is 1. The van der Waals surface area contributed by atoms with Crippen LogP contribution in [0.1, 0.15) is 30.8 Å². The number of nitrogens with one attached hydrogen (secondary N) is 2. The second-order valence-corrected chi connectivity index (χ2v) is 8.42. The highest BCUT2D eigenvalue weighted by Crippen LogP contribution is 2.34. The SMILES string of the molecule is Cc1nc(NCc2cnn(Cc3ccc(Cl)cn3)c2)nc2c1NC(=O)C(C(C)C)N2C. The molecule has 31 heavy (non-hydrogen) atoms. The van der Waals surface area contributed by atoms with Crippen molar-refractivity contribution in [2.75, 3.05) is 22.6 Å². The molecular weight excluding hydrogens is 416 g/mol. The minimum absolute atomic E-state index is 0.0278. The quantitative estimate of drug-likeness (QED) is 0.607. The summed E-state index contributed by atoms with van der Waals surface area (Å²) in [6.45, 7) is 7.00. The van der Waals surface area contributed by atoms with Gasteiger partial charge in [-0.2, -0.15) is 10.1 Å². The fourth-order valence-corrected chi connectivity index (χ4v) is 3.84. The maximum atomic E-state index is 12.5. The van der Waals surface area contributed by atoms with Crippen LogP contribution in [0.4, 0.5) is 17.5 Å². The summed E-state index contributed by atoms with van der Waals surface area (Å²) >= 11 is 5.88. The molecule has 0 fully saturated rings. The number of rotatable bonds is 6. The van der Waals surface area contributed by atoms with Crippen molar-refractivity contribution in [3.63, 3.8) is 0 Å². The number of fused-ring (bicyclic) bond motifs is 1. The molecule has 0 aliphatic carbocycles. The van der Waals surface area contributed by atoms with Crippen LogP contribution in [0, 0.1) is 12.8 Å². The molecule has 0 aromatic carbocycles. The highest BCUT2D eigenvalue weighted by Gasteiger charge is 2.35. The largest absolute Gasteiger partial charge is 0.350 e. The van der Waals surface area contributed by atoms with E-state index >= 15 is 0 Å². The van der Waals surface area contributed by atoms with Gasteiger partial charge in [-0.05, 0) is 25.0 Å². The topological polar surface area (TPSA) is 101 Å². The van der Waals surface area contributed by atoms with Crippen molar-refractivity contribution >= 4 is 35.0 Å². The molecular formula is C21H25ClN8O. The molecule has 162 valence electrons. The van der Waals surface area contributed by atoms with Crippen molar-refractivity contribution in [1.82, 2.24) is 24.7 Å². The molecule has 1 atom stereocenters. The van der Waals surface area contributed by atoms with Crippen molar-refractivity contribution in [2.24, 2.45) is 5.92 Å². The van der Waals surface area contributed by atoms with Crippen LogP contribution in [0.2, 0.25) is 5.02 Å². The summed E-state index contributed by atoms with van der Waals surface area (Å²) in [5.41, 5.74) is 3.26. The third-order valence-corrected chi connectivity index (χ3v) is 5.44. The van der Waals surface area contributed by atoms with Gasteiger partial charge in [-0.25, -0.2) is 4.98 Å². The fourth-order valence-electron chi connectivity index (χ4n) is 3.72. The van der Waals surface area contributed by atoms with E-state index in [0.717, 1.165) is 22.8 Å². The molecule has 1 unspecified atom stereocenters. The highest BCUT2D eigenvalue weighted by molar-refractivity contribution is 6.30. The van der Waals surface area contributed by atoms with Gasteiger partial charge in [0.25, 0.3) is 0 Å².